The predicted molar refractivity (Wildman–Crippen MR) is 114 cm³/mol. The van der Waals surface area contributed by atoms with Crippen LogP contribution in [0.15, 0.2) is 84.9 Å². The molecule has 4 aromatic rings. The number of rotatable bonds is 4. The molecule has 0 saturated carbocycles. The van der Waals surface area contributed by atoms with Gasteiger partial charge in [-0.2, -0.15) is 0 Å². The topological polar surface area (TPSA) is 95.6 Å². The first kappa shape index (κ1) is 19.4. The highest BCUT2D eigenvalue weighted by Crippen LogP contribution is 2.30. The number of fused-ring (bicyclic) bond motifs is 2. The zero-order valence-electron chi connectivity index (χ0n) is 15.2. The van der Waals surface area contributed by atoms with Gasteiger partial charge in [-0.15, -0.1) is 0 Å². The van der Waals surface area contributed by atoms with Crippen LogP contribution in [0.3, 0.4) is 0 Å². The molecule has 5 N–H and O–H groups in total. The Morgan fingerprint density at radius 3 is 1.61 bits per heavy atom. The van der Waals surface area contributed by atoms with Gasteiger partial charge in [-0.1, -0.05) is 72.8 Å². The van der Waals surface area contributed by atoms with E-state index < -0.39 is 18.6 Å². The molecule has 4 rings (SSSR count). The first-order valence-electron chi connectivity index (χ1n) is 8.92. The number of carbonyl (C=O) groups is 1. The van der Waals surface area contributed by atoms with E-state index in [1.54, 1.807) is 0 Å². The Morgan fingerprint density at radius 1 is 0.786 bits per heavy atom. The molecule has 0 aliphatic heterocycles. The van der Waals surface area contributed by atoms with Crippen molar-refractivity contribution in [2.45, 2.75) is 6.04 Å². The van der Waals surface area contributed by atoms with Crippen molar-refractivity contribution in [2.24, 2.45) is 5.73 Å². The number of aliphatic carboxylic acids is 1. The van der Waals surface area contributed by atoms with Crippen LogP contribution in [0.2, 0.25) is 0 Å². The van der Waals surface area contributed by atoms with Gasteiger partial charge in [0.05, 0.1) is 6.61 Å². The van der Waals surface area contributed by atoms with Gasteiger partial charge in [-0.3, -0.25) is 4.79 Å². The summed E-state index contributed by atoms with van der Waals surface area (Å²) in [6, 6.07) is 28.5. The van der Waals surface area contributed by atoms with Crippen molar-refractivity contribution in [3.05, 3.63) is 84.9 Å². The van der Waals surface area contributed by atoms with Crippen LogP contribution < -0.4 is 11.1 Å². The molecule has 5 nitrogen and oxygen atoms in total. The van der Waals surface area contributed by atoms with Crippen LogP contribution in [0, 0.1) is 0 Å². The quantitative estimate of drug-likeness (QED) is 0.431. The van der Waals surface area contributed by atoms with Gasteiger partial charge in [0.15, 0.2) is 0 Å². The molecule has 0 spiro atoms. The molecule has 0 unspecified atom stereocenters. The average Bonchev–Trinajstić information content (AvgIpc) is 2.74. The third-order valence-corrected chi connectivity index (χ3v) is 4.36. The first-order chi connectivity index (χ1) is 13.6. The summed E-state index contributed by atoms with van der Waals surface area (Å²) in [5.41, 5.74) is 7.05. The van der Waals surface area contributed by atoms with Crippen molar-refractivity contribution < 1.29 is 15.0 Å². The van der Waals surface area contributed by atoms with Crippen molar-refractivity contribution in [2.75, 3.05) is 11.9 Å². The molecule has 0 bridgehead atoms. The SMILES string of the molecule is N[C@@H](CO)C(=O)O.c1ccc2c(Nc3cccc4ccccc34)cccc2c1. The highest BCUT2D eigenvalue weighted by molar-refractivity contribution is 6.00. The third kappa shape index (κ3) is 4.46. The number of nitrogens with two attached hydrogens (primary N) is 1. The predicted octanol–water partition coefficient (Wildman–Crippen LogP) is 4.13. The molecule has 0 heterocycles. The lowest BCUT2D eigenvalue weighted by Gasteiger charge is -2.12. The normalized spacial score (nSPS) is 11.5. The van der Waals surface area contributed by atoms with Gasteiger partial charge >= 0.3 is 5.97 Å². The number of carboxylic acid groups (broad SMARTS) is 1. The van der Waals surface area contributed by atoms with Crippen molar-refractivity contribution in [1.82, 2.24) is 0 Å². The van der Waals surface area contributed by atoms with Gasteiger partial charge in [0.2, 0.25) is 0 Å². The Balaban J connectivity index is 0.000000279. The van der Waals surface area contributed by atoms with Crippen LogP contribution in [0.1, 0.15) is 0 Å². The van der Waals surface area contributed by atoms with Gasteiger partial charge in [-0.25, -0.2) is 0 Å². The van der Waals surface area contributed by atoms with Crippen molar-refractivity contribution in [3.63, 3.8) is 0 Å². The van der Waals surface area contributed by atoms with Gasteiger partial charge in [0, 0.05) is 22.1 Å². The van der Waals surface area contributed by atoms with E-state index in [-0.39, 0.29) is 0 Å². The third-order valence-electron chi connectivity index (χ3n) is 4.36. The second-order valence-corrected chi connectivity index (χ2v) is 6.31. The highest BCUT2D eigenvalue weighted by Gasteiger charge is 2.07. The monoisotopic (exact) mass is 374 g/mol. The van der Waals surface area contributed by atoms with E-state index >= 15 is 0 Å². The first-order valence-corrected chi connectivity index (χ1v) is 8.92. The van der Waals surface area contributed by atoms with Crippen LogP contribution in [-0.4, -0.2) is 28.8 Å². The maximum absolute atomic E-state index is 9.65. The molecule has 0 saturated heterocycles. The van der Waals surface area contributed by atoms with E-state index in [4.69, 9.17) is 15.9 Å². The van der Waals surface area contributed by atoms with Crippen LogP contribution in [0.5, 0.6) is 0 Å². The molecule has 0 radical (unpaired) electrons. The molecule has 1 atom stereocenters. The maximum atomic E-state index is 9.65. The largest absolute Gasteiger partial charge is 0.480 e. The van der Waals surface area contributed by atoms with E-state index in [0.29, 0.717) is 0 Å². The van der Waals surface area contributed by atoms with Crippen LogP contribution >= 0.6 is 0 Å². The lowest BCUT2D eigenvalue weighted by molar-refractivity contribution is -0.139. The summed E-state index contributed by atoms with van der Waals surface area (Å²) < 4.78 is 0. The van der Waals surface area contributed by atoms with E-state index in [2.05, 4.69) is 90.2 Å². The fourth-order valence-corrected chi connectivity index (χ4v) is 2.89. The minimum Gasteiger partial charge on any atom is -0.480 e. The van der Waals surface area contributed by atoms with Crippen LogP contribution in [-0.2, 0) is 4.79 Å². The Morgan fingerprint density at radius 2 is 1.21 bits per heavy atom. The molecular weight excluding hydrogens is 352 g/mol. The smallest absolute Gasteiger partial charge is 0.322 e. The van der Waals surface area contributed by atoms with Gasteiger partial charge < -0.3 is 21.3 Å². The number of aliphatic hydroxyl groups excluding tert-OH is 1. The second-order valence-electron chi connectivity index (χ2n) is 6.31. The molecule has 0 amide bonds. The molecule has 28 heavy (non-hydrogen) atoms. The second kappa shape index (κ2) is 8.99. The van der Waals surface area contributed by atoms with Crippen molar-refractivity contribution >= 4 is 38.9 Å². The van der Waals surface area contributed by atoms with Crippen molar-refractivity contribution in [3.8, 4) is 0 Å². The zero-order chi connectivity index (χ0) is 19.9. The Hall–Kier alpha value is -3.41. The van der Waals surface area contributed by atoms with Crippen LogP contribution in [0.25, 0.3) is 21.5 Å². The molecule has 0 aliphatic rings. The van der Waals surface area contributed by atoms with Gasteiger partial charge in [0.25, 0.3) is 0 Å². The molecule has 0 aliphatic carbocycles. The van der Waals surface area contributed by atoms with E-state index in [1.807, 2.05) is 0 Å². The minimum atomic E-state index is -1.18. The molecular formula is C23H22N2O3. The number of hydrogen-bond donors (Lipinski definition) is 4. The molecule has 0 fully saturated rings. The fourth-order valence-electron chi connectivity index (χ4n) is 2.89. The fraction of sp³-hybridized carbons (Fsp3) is 0.0870. The highest BCUT2D eigenvalue weighted by atomic mass is 16.4. The van der Waals surface area contributed by atoms with Gasteiger partial charge in [-0.05, 0) is 22.9 Å². The maximum Gasteiger partial charge on any atom is 0.322 e. The number of carboxylic acids is 1. The minimum absolute atomic E-state index is 0.505. The molecule has 142 valence electrons. The van der Waals surface area contributed by atoms with Crippen molar-refractivity contribution in [1.29, 1.82) is 0 Å². The summed E-state index contributed by atoms with van der Waals surface area (Å²) in [6.07, 6.45) is 0. The van der Waals surface area contributed by atoms with E-state index in [1.165, 1.54) is 21.5 Å². The lowest BCUT2D eigenvalue weighted by Crippen LogP contribution is -2.33. The summed E-state index contributed by atoms with van der Waals surface area (Å²) in [7, 11) is 0. The van der Waals surface area contributed by atoms with E-state index in [9.17, 15) is 4.79 Å². The number of benzene rings is 4. The summed E-state index contributed by atoms with van der Waals surface area (Å²) in [5, 5.41) is 24.5. The Labute approximate surface area is 163 Å². The lowest BCUT2D eigenvalue weighted by atomic mass is 10.1. The summed E-state index contributed by atoms with van der Waals surface area (Å²) in [5.74, 6) is -1.18. The number of hydrogen-bond acceptors (Lipinski definition) is 4. The Bertz CT molecular complexity index is 1010. The summed E-state index contributed by atoms with van der Waals surface area (Å²) in [4.78, 5) is 9.65. The van der Waals surface area contributed by atoms with Crippen LogP contribution in [0.4, 0.5) is 11.4 Å². The van der Waals surface area contributed by atoms with Gasteiger partial charge in [0.1, 0.15) is 6.04 Å². The Kier molecular flexibility index (Phi) is 6.22. The average molecular weight is 374 g/mol. The standard InChI is InChI=1S/C20H15N.C3H7NO3/c1-3-11-17-15(7-1)9-5-13-19(17)21-20-14-6-10-16-8-2-4-12-18(16)20;4-2(1-5)3(6)7/h1-14,21H;2,5H,1,4H2,(H,6,7)/t;2-/m.0/s1. The summed E-state index contributed by atoms with van der Waals surface area (Å²) >= 11 is 0. The zero-order valence-corrected chi connectivity index (χ0v) is 15.2. The summed E-state index contributed by atoms with van der Waals surface area (Å²) in [6.45, 7) is -0.505. The number of aliphatic hydroxyl groups is 1. The molecule has 5 heteroatoms. The number of anilines is 2. The number of nitrogens with one attached hydrogen (secondary N) is 1. The molecule has 4 aromatic carbocycles. The molecule has 0 aromatic heterocycles. The van der Waals surface area contributed by atoms with E-state index in [0.717, 1.165) is 11.4 Å².